The minimum absolute atomic E-state index is 0.0475. The summed E-state index contributed by atoms with van der Waals surface area (Å²) in [4.78, 5) is 28.0. The first-order chi connectivity index (χ1) is 15.4. The first kappa shape index (κ1) is 21.7. The van der Waals surface area contributed by atoms with Gasteiger partial charge in [-0.3, -0.25) is 9.59 Å². The normalized spacial score (nSPS) is 14.7. The van der Waals surface area contributed by atoms with Gasteiger partial charge in [-0.05, 0) is 31.1 Å². The lowest BCUT2D eigenvalue weighted by molar-refractivity contribution is -0.135. The monoisotopic (exact) mass is 432 g/mol. The van der Waals surface area contributed by atoms with E-state index >= 15 is 0 Å². The fraction of sp³-hybridized carbons (Fsp3) is 0.308. The number of furan rings is 1. The Morgan fingerprint density at radius 2 is 1.66 bits per heavy atom. The summed E-state index contributed by atoms with van der Waals surface area (Å²) >= 11 is 0. The van der Waals surface area contributed by atoms with Crippen LogP contribution in [0, 0.1) is 6.92 Å². The standard InChI is InChI=1S/C26H28N2O4/c1-17-5-7-20(8-6-17)23-16-32-25-15-24(31-4)21(14-22(23)25)18(2)13-26(30)28-11-9-27(10-12-28)19(3)29/h5-8,13-16H,9-12H2,1-4H3/b18-13+. The maximum Gasteiger partial charge on any atom is 0.246 e. The van der Waals surface area contributed by atoms with Crippen LogP contribution in [0.2, 0.25) is 0 Å². The van der Waals surface area contributed by atoms with Crippen molar-refractivity contribution in [2.75, 3.05) is 33.3 Å². The van der Waals surface area contributed by atoms with Gasteiger partial charge in [0.25, 0.3) is 0 Å². The van der Waals surface area contributed by atoms with Gasteiger partial charge < -0.3 is 19.0 Å². The molecule has 1 aliphatic rings. The third kappa shape index (κ3) is 4.26. The summed E-state index contributed by atoms with van der Waals surface area (Å²) in [5, 5.41) is 0.972. The third-order valence-electron chi connectivity index (χ3n) is 6.06. The number of allylic oxidation sites excluding steroid dienone is 1. The molecule has 166 valence electrons. The van der Waals surface area contributed by atoms with Gasteiger partial charge in [-0.1, -0.05) is 29.8 Å². The molecule has 1 fully saturated rings. The van der Waals surface area contributed by atoms with Crippen molar-refractivity contribution in [3.8, 4) is 16.9 Å². The van der Waals surface area contributed by atoms with E-state index in [0.717, 1.165) is 33.2 Å². The first-order valence-corrected chi connectivity index (χ1v) is 10.8. The Balaban J connectivity index is 1.65. The SMILES string of the molecule is COc1cc2occ(-c3ccc(C)cc3)c2cc1/C(C)=C/C(=O)N1CCN(C(C)=O)CC1. The molecule has 0 radical (unpaired) electrons. The molecule has 0 saturated carbocycles. The molecule has 4 rings (SSSR count). The van der Waals surface area contributed by atoms with Crippen LogP contribution in [0.4, 0.5) is 0 Å². The van der Waals surface area contributed by atoms with Crippen LogP contribution in [-0.4, -0.2) is 54.9 Å². The van der Waals surface area contributed by atoms with E-state index in [9.17, 15) is 9.59 Å². The van der Waals surface area contributed by atoms with Gasteiger partial charge >= 0.3 is 0 Å². The molecule has 2 aromatic carbocycles. The molecule has 2 amide bonds. The van der Waals surface area contributed by atoms with E-state index in [1.165, 1.54) is 5.56 Å². The van der Waals surface area contributed by atoms with Crippen molar-refractivity contribution in [1.29, 1.82) is 0 Å². The quantitative estimate of drug-likeness (QED) is 0.569. The number of ether oxygens (including phenoxy) is 1. The molecule has 1 saturated heterocycles. The molecule has 32 heavy (non-hydrogen) atoms. The molecule has 2 heterocycles. The number of benzene rings is 2. The predicted molar refractivity (Wildman–Crippen MR) is 125 cm³/mol. The number of carbonyl (C=O) groups excluding carboxylic acids is 2. The van der Waals surface area contributed by atoms with Gasteiger partial charge in [0.15, 0.2) is 0 Å². The van der Waals surface area contributed by atoms with Crippen molar-refractivity contribution in [3.63, 3.8) is 0 Å². The molecule has 0 unspecified atom stereocenters. The van der Waals surface area contributed by atoms with Crippen molar-refractivity contribution >= 4 is 28.4 Å². The Morgan fingerprint density at radius 1 is 1.00 bits per heavy atom. The minimum Gasteiger partial charge on any atom is -0.496 e. The van der Waals surface area contributed by atoms with Gasteiger partial charge in [0.05, 0.1) is 13.4 Å². The van der Waals surface area contributed by atoms with Gasteiger partial charge in [0, 0.05) is 61.8 Å². The predicted octanol–water partition coefficient (Wildman–Crippen LogP) is 4.51. The van der Waals surface area contributed by atoms with Crippen LogP contribution in [0.25, 0.3) is 27.7 Å². The molecule has 0 bridgehead atoms. The Kier molecular flexibility index (Phi) is 6.04. The van der Waals surface area contributed by atoms with E-state index in [2.05, 4.69) is 31.2 Å². The van der Waals surface area contributed by atoms with Crippen LogP contribution in [0.15, 0.2) is 53.2 Å². The molecule has 6 heteroatoms. The zero-order valence-electron chi connectivity index (χ0n) is 19.0. The second kappa shape index (κ2) is 8.91. The lowest BCUT2D eigenvalue weighted by Crippen LogP contribution is -2.49. The van der Waals surface area contributed by atoms with Crippen molar-refractivity contribution in [1.82, 2.24) is 9.80 Å². The summed E-state index contributed by atoms with van der Waals surface area (Å²) in [5.74, 6) is 0.649. The van der Waals surface area contributed by atoms with Gasteiger partial charge in [0.1, 0.15) is 11.3 Å². The lowest BCUT2D eigenvalue weighted by atomic mass is 9.98. The molecule has 0 atom stereocenters. The topological polar surface area (TPSA) is 63.0 Å². The number of carbonyl (C=O) groups is 2. The zero-order chi connectivity index (χ0) is 22.8. The summed E-state index contributed by atoms with van der Waals surface area (Å²) in [6.45, 7) is 7.75. The Labute approximate surface area is 188 Å². The fourth-order valence-electron chi connectivity index (χ4n) is 4.08. The molecule has 3 aromatic rings. The lowest BCUT2D eigenvalue weighted by Gasteiger charge is -2.33. The second-order valence-corrected chi connectivity index (χ2v) is 8.22. The van der Waals surface area contributed by atoms with Crippen LogP contribution < -0.4 is 4.74 Å². The Hall–Kier alpha value is -3.54. The summed E-state index contributed by atoms with van der Waals surface area (Å²) in [6.07, 6.45) is 3.41. The van der Waals surface area contributed by atoms with E-state index in [0.29, 0.717) is 31.9 Å². The van der Waals surface area contributed by atoms with E-state index in [1.54, 1.807) is 36.2 Å². The number of piperazine rings is 1. The van der Waals surface area contributed by atoms with E-state index in [4.69, 9.17) is 9.15 Å². The molecule has 0 aliphatic carbocycles. The third-order valence-corrected chi connectivity index (χ3v) is 6.06. The largest absolute Gasteiger partial charge is 0.496 e. The summed E-state index contributed by atoms with van der Waals surface area (Å²) in [7, 11) is 1.62. The maximum atomic E-state index is 12.9. The van der Waals surface area contributed by atoms with Crippen molar-refractivity contribution in [3.05, 3.63) is 59.9 Å². The van der Waals surface area contributed by atoms with Crippen LogP contribution in [0.5, 0.6) is 5.75 Å². The highest BCUT2D eigenvalue weighted by molar-refractivity contribution is 6.00. The highest BCUT2D eigenvalue weighted by atomic mass is 16.5. The van der Waals surface area contributed by atoms with Crippen LogP contribution in [-0.2, 0) is 9.59 Å². The highest BCUT2D eigenvalue weighted by Gasteiger charge is 2.22. The highest BCUT2D eigenvalue weighted by Crippen LogP contribution is 2.37. The first-order valence-electron chi connectivity index (χ1n) is 10.8. The average Bonchev–Trinajstić information content (AvgIpc) is 3.21. The average molecular weight is 433 g/mol. The molecule has 1 aromatic heterocycles. The number of amides is 2. The van der Waals surface area contributed by atoms with Gasteiger partial charge in [-0.2, -0.15) is 0 Å². The van der Waals surface area contributed by atoms with E-state index in [-0.39, 0.29) is 11.8 Å². The zero-order valence-corrected chi connectivity index (χ0v) is 19.0. The van der Waals surface area contributed by atoms with E-state index in [1.807, 2.05) is 19.1 Å². The van der Waals surface area contributed by atoms with Crippen LogP contribution in [0.3, 0.4) is 0 Å². The molecule has 0 spiro atoms. The van der Waals surface area contributed by atoms with Crippen LogP contribution in [0.1, 0.15) is 25.0 Å². The number of rotatable bonds is 4. The van der Waals surface area contributed by atoms with E-state index < -0.39 is 0 Å². The van der Waals surface area contributed by atoms with Gasteiger partial charge in [-0.15, -0.1) is 0 Å². The number of aryl methyl sites for hydroxylation is 1. The smallest absolute Gasteiger partial charge is 0.246 e. The fourth-order valence-corrected chi connectivity index (χ4v) is 4.08. The summed E-state index contributed by atoms with van der Waals surface area (Å²) in [5.41, 5.74) is 5.69. The molecule has 6 nitrogen and oxygen atoms in total. The number of methoxy groups -OCH3 is 1. The number of hydrogen-bond donors (Lipinski definition) is 0. The van der Waals surface area contributed by atoms with Crippen molar-refractivity contribution in [2.45, 2.75) is 20.8 Å². The second-order valence-electron chi connectivity index (χ2n) is 8.22. The number of fused-ring (bicyclic) bond motifs is 1. The molecule has 1 aliphatic heterocycles. The van der Waals surface area contributed by atoms with Gasteiger partial charge in [-0.25, -0.2) is 0 Å². The van der Waals surface area contributed by atoms with Crippen molar-refractivity contribution < 1.29 is 18.7 Å². The molecule has 0 N–H and O–H groups in total. The molecular weight excluding hydrogens is 404 g/mol. The summed E-state index contributed by atoms with van der Waals surface area (Å²) in [6, 6.07) is 12.2. The van der Waals surface area contributed by atoms with Gasteiger partial charge in [0.2, 0.25) is 11.8 Å². The Bertz CT molecular complexity index is 1180. The number of nitrogens with zero attached hydrogens (tertiary/aromatic N) is 2. The van der Waals surface area contributed by atoms with Crippen molar-refractivity contribution in [2.24, 2.45) is 0 Å². The van der Waals surface area contributed by atoms with Crippen LogP contribution >= 0.6 is 0 Å². The summed E-state index contributed by atoms with van der Waals surface area (Å²) < 4.78 is 11.4. The minimum atomic E-state index is -0.0567. The maximum absolute atomic E-state index is 12.9. The molecular formula is C26H28N2O4. The Morgan fingerprint density at radius 3 is 2.28 bits per heavy atom. The number of hydrogen-bond acceptors (Lipinski definition) is 4.